The van der Waals surface area contributed by atoms with Crippen LogP contribution in [-0.2, 0) is 27.8 Å². The minimum Gasteiger partial charge on any atom is -0.147 e. The van der Waals surface area contributed by atoms with Crippen LogP contribution in [0.5, 0.6) is 0 Å². The van der Waals surface area contributed by atoms with E-state index in [1.54, 1.807) is 24.7 Å². The van der Waals surface area contributed by atoms with Crippen molar-refractivity contribution in [1.29, 1.82) is 0 Å². The number of fused-ring (bicyclic) bond motifs is 1. The van der Waals surface area contributed by atoms with Gasteiger partial charge in [-0.25, -0.2) is 0 Å². The molecule has 1 aliphatic carbocycles. The quantitative estimate of drug-likeness (QED) is 0.688. The molecule has 0 saturated heterocycles. The number of hydrogen-bond acceptors (Lipinski definition) is 0. The zero-order valence-electron chi connectivity index (χ0n) is 7.28. The summed E-state index contributed by atoms with van der Waals surface area (Å²) in [6.45, 7) is 2.29. The van der Waals surface area contributed by atoms with Crippen LogP contribution >= 0.6 is 24.8 Å². The summed E-state index contributed by atoms with van der Waals surface area (Å²) in [5.41, 5.74) is 2.88. The molecular formula is C10H11Cl2Zr. The van der Waals surface area contributed by atoms with Gasteiger partial charge in [0, 0.05) is 0 Å². The van der Waals surface area contributed by atoms with Gasteiger partial charge in [-0.3, -0.25) is 0 Å². The summed E-state index contributed by atoms with van der Waals surface area (Å²) in [6, 6.07) is 8.62. The summed E-state index contributed by atoms with van der Waals surface area (Å²) < 4.78 is 0.337. The molecule has 69 valence electrons. The van der Waals surface area contributed by atoms with Crippen molar-refractivity contribution in [2.24, 2.45) is 0 Å². The van der Waals surface area contributed by atoms with Crippen molar-refractivity contribution >= 4 is 30.9 Å². The summed E-state index contributed by atoms with van der Waals surface area (Å²) >= 11 is 1.57. The molecule has 0 amide bonds. The molecule has 0 saturated carbocycles. The molecule has 0 aromatic heterocycles. The molecule has 1 aromatic rings. The van der Waals surface area contributed by atoms with Gasteiger partial charge in [0.15, 0.2) is 0 Å². The molecule has 0 fully saturated rings. The maximum atomic E-state index is 2.30. The SMILES string of the molecule is C[C]1([Zr])C=Cc2ccccc21.Cl.Cl. The average Bonchev–Trinajstić information content (AvgIpc) is 2.29. The maximum absolute atomic E-state index is 2.30. The topological polar surface area (TPSA) is 0 Å². The molecule has 1 aromatic carbocycles. The first-order chi connectivity index (χ1) is 5.20. The molecule has 0 N–H and O–H groups in total. The fourth-order valence-corrected chi connectivity index (χ4v) is 2.23. The molecule has 1 unspecified atom stereocenters. The van der Waals surface area contributed by atoms with E-state index in [-0.39, 0.29) is 24.8 Å². The normalized spacial score (nSPS) is 22.8. The van der Waals surface area contributed by atoms with Gasteiger partial charge in [0.2, 0.25) is 0 Å². The Morgan fingerprint density at radius 2 is 1.77 bits per heavy atom. The third-order valence-electron chi connectivity index (χ3n) is 2.12. The van der Waals surface area contributed by atoms with Gasteiger partial charge >= 0.3 is 82.3 Å². The molecule has 1 aliphatic rings. The van der Waals surface area contributed by atoms with Crippen LogP contribution in [0.1, 0.15) is 18.1 Å². The molecule has 0 aliphatic heterocycles. The fourth-order valence-electron chi connectivity index (χ4n) is 1.46. The van der Waals surface area contributed by atoms with Gasteiger partial charge in [0.05, 0.1) is 0 Å². The van der Waals surface area contributed by atoms with Crippen molar-refractivity contribution in [2.45, 2.75) is 10.0 Å². The van der Waals surface area contributed by atoms with Crippen molar-refractivity contribution in [2.75, 3.05) is 0 Å². The first kappa shape index (κ1) is 13.4. The maximum Gasteiger partial charge on any atom is -0.147 e. The van der Waals surface area contributed by atoms with Gasteiger partial charge in [-0.2, -0.15) is 0 Å². The van der Waals surface area contributed by atoms with Crippen LogP contribution in [0.2, 0.25) is 0 Å². The Bertz CT molecular complexity index is 318. The van der Waals surface area contributed by atoms with Crippen LogP contribution in [0, 0.1) is 0 Å². The number of hydrogen-bond donors (Lipinski definition) is 0. The van der Waals surface area contributed by atoms with Gasteiger partial charge in [-0.05, 0) is 0 Å². The molecule has 0 nitrogen and oxygen atoms in total. The molecule has 2 rings (SSSR count). The van der Waals surface area contributed by atoms with Crippen molar-refractivity contribution < 1.29 is 24.7 Å². The second-order valence-electron chi connectivity index (χ2n) is 3.12. The average molecular weight is 293 g/mol. The van der Waals surface area contributed by atoms with E-state index < -0.39 is 0 Å². The van der Waals surface area contributed by atoms with E-state index >= 15 is 0 Å². The number of halogens is 2. The summed E-state index contributed by atoms with van der Waals surface area (Å²) in [5.74, 6) is 0. The summed E-state index contributed by atoms with van der Waals surface area (Å²) in [6.07, 6.45) is 4.53. The van der Waals surface area contributed by atoms with E-state index in [0.29, 0.717) is 3.12 Å². The molecule has 13 heavy (non-hydrogen) atoms. The smallest absolute Gasteiger partial charge is 0.147 e. The number of rotatable bonds is 0. The van der Waals surface area contributed by atoms with Gasteiger partial charge in [-0.15, -0.1) is 24.8 Å². The summed E-state index contributed by atoms with van der Waals surface area (Å²) in [7, 11) is 0. The summed E-state index contributed by atoms with van der Waals surface area (Å²) in [4.78, 5) is 0. The predicted octanol–water partition coefficient (Wildman–Crippen LogP) is 3.32. The Labute approximate surface area is 106 Å². The minimum atomic E-state index is 0. The second-order valence-corrected chi connectivity index (χ2v) is 5.68. The van der Waals surface area contributed by atoms with E-state index in [2.05, 4.69) is 43.3 Å². The first-order valence-corrected chi connectivity index (χ1v) is 4.97. The molecule has 0 heterocycles. The van der Waals surface area contributed by atoms with Crippen LogP contribution < -0.4 is 0 Å². The summed E-state index contributed by atoms with van der Waals surface area (Å²) in [5, 5.41) is 0. The van der Waals surface area contributed by atoms with Crippen molar-refractivity contribution in [3.63, 3.8) is 0 Å². The molecule has 3 heteroatoms. The largest absolute Gasteiger partial charge is 0.147 e. The predicted molar refractivity (Wildman–Crippen MR) is 57.3 cm³/mol. The fraction of sp³-hybridized carbons (Fsp3) is 0.200. The molecule has 0 spiro atoms. The van der Waals surface area contributed by atoms with E-state index in [9.17, 15) is 0 Å². The van der Waals surface area contributed by atoms with E-state index in [1.165, 1.54) is 11.1 Å². The number of benzene rings is 1. The Morgan fingerprint density at radius 1 is 1.15 bits per heavy atom. The Kier molecular flexibility index (Phi) is 4.93. The molecule has 1 atom stereocenters. The molecular weight excluding hydrogens is 282 g/mol. The van der Waals surface area contributed by atoms with E-state index in [0.717, 1.165) is 0 Å². The van der Waals surface area contributed by atoms with E-state index in [1.807, 2.05) is 0 Å². The van der Waals surface area contributed by atoms with Crippen LogP contribution in [0.3, 0.4) is 0 Å². The Hall–Kier alpha value is 0.423. The second kappa shape index (κ2) is 4.78. The van der Waals surface area contributed by atoms with Crippen molar-refractivity contribution in [1.82, 2.24) is 0 Å². The van der Waals surface area contributed by atoms with Gasteiger partial charge < -0.3 is 0 Å². The monoisotopic (exact) mass is 291 g/mol. The number of allylic oxidation sites excluding steroid dienone is 1. The third-order valence-corrected chi connectivity index (χ3v) is 3.19. The molecule has 0 radical (unpaired) electrons. The Balaban J connectivity index is 0.000000720. The van der Waals surface area contributed by atoms with Gasteiger partial charge in [0.25, 0.3) is 0 Å². The Morgan fingerprint density at radius 3 is 2.38 bits per heavy atom. The van der Waals surface area contributed by atoms with Crippen LogP contribution in [0.15, 0.2) is 30.3 Å². The van der Waals surface area contributed by atoms with Gasteiger partial charge in [0.1, 0.15) is 0 Å². The standard InChI is InChI=1S/C10H9.2ClH.Zr/c1-8-6-7-9-4-2-3-5-10(8)9;;;/h2-7H,1H3;2*1H;. The third kappa shape index (κ3) is 2.46. The first-order valence-electron chi connectivity index (χ1n) is 3.74. The van der Waals surface area contributed by atoms with Crippen LogP contribution in [-0.4, -0.2) is 0 Å². The molecule has 0 bridgehead atoms. The zero-order chi connectivity index (χ0) is 7.90. The minimum absolute atomic E-state index is 0. The van der Waals surface area contributed by atoms with E-state index in [4.69, 9.17) is 0 Å². The van der Waals surface area contributed by atoms with Crippen LogP contribution in [0.25, 0.3) is 6.08 Å². The van der Waals surface area contributed by atoms with Crippen molar-refractivity contribution in [3.8, 4) is 0 Å². The zero-order valence-corrected chi connectivity index (χ0v) is 11.4. The van der Waals surface area contributed by atoms with Gasteiger partial charge in [-0.1, -0.05) is 0 Å². The van der Waals surface area contributed by atoms with Crippen LogP contribution in [0.4, 0.5) is 0 Å². The van der Waals surface area contributed by atoms with Crippen molar-refractivity contribution in [3.05, 3.63) is 41.5 Å².